The average molecular weight is 307 g/mol. The zero-order valence-electron chi connectivity index (χ0n) is 10.8. The van der Waals surface area contributed by atoms with Gasteiger partial charge in [0.15, 0.2) is 0 Å². The Balaban J connectivity index is 1.82. The molecule has 2 aromatic rings. The van der Waals surface area contributed by atoms with Crippen LogP contribution in [-0.2, 0) is 13.0 Å². The SMILES string of the molecule is CCn1nc(CCC(Br)C2CC2)c2ccccc21. The van der Waals surface area contributed by atoms with Gasteiger partial charge in [0.25, 0.3) is 0 Å². The summed E-state index contributed by atoms with van der Waals surface area (Å²) in [6.45, 7) is 3.10. The molecule has 1 aliphatic carbocycles. The highest BCUT2D eigenvalue weighted by atomic mass is 79.9. The summed E-state index contributed by atoms with van der Waals surface area (Å²) in [6.07, 6.45) is 5.09. The van der Waals surface area contributed by atoms with Gasteiger partial charge in [-0.15, -0.1) is 0 Å². The third-order valence-electron chi connectivity index (χ3n) is 3.82. The van der Waals surface area contributed by atoms with E-state index in [1.54, 1.807) is 0 Å². The molecule has 1 saturated carbocycles. The van der Waals surface area contributed by atoms with E-state index in [-0.39, 0.29) is 0 Å². The number of hydrogen-bond donors (Lipinski definition) is 0. The molecule has 1 fully saturated rings. The molecule has 1 atom stereocenters. The van der Waals surface area contributed by atoms with Gasteiger partial charge in [-0.05, 0) is 44.6 Å². The molecule has 1 aromatic heterocycles. The van der Waals surface area contributed by atoms with Crippen molar-refractivity contribution in [3.63, 3.8) is 0 Å². The Morgan fingerprint density at radius 1 is 1.39 bits per heavy atom. The summed E-state index contributed by atoms with van der Waals surface area (Å²) < 4.78 is 2.12. The minimum atomic E-state index is 0.683. The number of nitrogens with zero attached hydrogens (tertiary/aromatic N) is 2. The van der Waals surface area contributed by atoms with Crippen molar-refractivity contribution >= 4 is 26.8 Å². The Labute approximate surface area is 117 Å². The highest BCUT2D eigenvalue weighted by molar-refractivity contribution is 9.09. The smallest absolute Gasteiger partial charge is 0.0703 e. The fraction of sp³-hybridized carbons (Fsp3) is 0.533. The van der Waals surface area contributed by atoms with Gasteiger partial charge in [0.05, 0.1) is 11.2 Å². The molecule has 1 heterocycles. The number of halogens is 1. The number of rotatable bonds is 5. The van der Waals surface area contributed by atoms with E-state index in [0.717, 1.165) is 18.9 Å². The molecule has 0 aliphatic heterocycles. The van der Waals surface area contributed by atoms with Crippen molar-refractivity contribution in [1.29, 1.82) is 0 Å². The van der Waals surface area contributed by atoms with Gasteiger partial charge in [0, 0.05) is 16.8 Å². The van der Waals surface area contributed by atoms with E-state index >= 15 is 0 Å². The lowest BCUT2D eigenvalue weighted by Crippen LogP contribution is -2.03. The van der Waals surface area contributed by atoms with E-state index in [0.29, 0.717) is 4.83 Å². The summed E-state index contributed by atoms with van der Waals surface area (Å²) in [7, 11) is 0. The molecule has 1 unspecified atom stereocenters. The van der Waals surface area contributed by atoms with Crippen LogP contribution in [0.5, 0.6) is 0 Å². The highest BCUT2D eigenvalue weighted by Gasteiger charge is 2.29. The molecule has 0 radical (unpaired) electrons. The highest BCUT2D eigenvalue weighted by Crippen LogP contribution is 2.38. The number of fused-ring (bicyclic) bond motifs is 1. The second-order valence-corrected chi connectivity index (χ2v) is 6.35. The van der Waals surface area contributed by atoms with Gasteiger partial charge in [-0.2, -0.15) is 5.10 Å². The molecule has 1 aromatic carbocycles. The first-order valence-electron chi connectivity index (χ1n) is 6.88. The maximum absolute atomic E-state index is 4.76. The Morgan fingerprint density at radius 2 is 2.17 bits per heavy atom. The van der Waals surface area contributed by atoms with Crippen molar-refractivity contribution < 1.29 is 0 Å². The van der Waals surface area contributed by atoms with Gasteiger partial charge in [0.1, 0.15) is 0 Å². The Hall–Kier alpha value is -0.830. The van der Waals surface area contributed by atoms with Crippen molar-refractivity contribution in [2.24, 2.45) is 5.92 Å². The van der Waals surface area contributed by atoms with Gasteiger partial charge in [-0.25, -0.2) is 0 Å². The Bertz CT molecular complexity index is 542. The van der Waals surface area contributed by atoms with Crippen LogP contribution in [0.2, 0.25) is 0 Å². The maximum atomic E-state index is 4.76. The molecule has 0 N–H and O–H groups in total. The summed E-state index contributed by atoms with van der Waals surface area (Å²) >= 11 is 3.82. The minimum absolute atomic E-state index is 0.683. The third kappa shape index (κ3) is 2.33. The van der Waals surface area contributed by atoms with Gasteiger partial charge >= 0.3 is 0 Å². The zero-order chi connectivity index (χ0) is 12.5. The van der Waals surface area contributed by atoms with Gasteiger partial charge < -0.3 is 0 Å². The van der Waals surface area contributed by atoms with Crippen LogP contribution in [-0.4, -0.2) is 14.6 Å². The first-order valence-corrected chi connectivity index (χ1v) is 7.79. The lowest BCUT2D eigenvalue weighted by molar-refractivity contribution is 0.644. The Morgan fingerprint density at radius 3 is 2.89 bits per heavy atom. The lowest BCUT2D eigenvalue weighted by Gasteiger charge is -2.06. The number of benzene rings is 1. The summed E-state index contributed by atoms with van der Waals surface area (Å²) in [4.78, 5) is 0.683. The van der Waals surface area contributed by atoms with Gasteiger partial charge in [0.2, 0.25) is 0 Å². The Kier molecular flexibility index (Phi) is 3.42. The second kappa shape index (κ2) is 5.04. The van der Waals surface area contributed by atoms with E-state index in [2.05, 4.69) is 51.8 Å². The molecule has 96 valence electrons. The molecule has 0 amide bonds. The molecule has 0 saturated heterocycles. The fourth-order valence-electron chi connectivity index (χ4n) is 2.59. The molecular weight excluding hydrogens is 288 g/mol. The monoisotopic (exact) mass is 306 g/mol. The predicted octanol–water partition coefficient (Wildman–Crippen LogP) is 4.16. The average Bonchev–Trinajstić information content (AvgIpc) is 3.19. The lowest BCUT2D eigenvalue weighted by atomic mass is 10.1. The van der Waals surface area contributed by atoms with Crippen LogP contribution < -0.4 is 0 Å². The van der Waals surface area contributed by atoms with Crippen LogP contribution in [0.4, 0.5) is 0 Å². The summed E-state index contributed by atoms with van der Waals surface area (Å²) in [6, 6.07) is 8.57. The van der Waals surface area contributed by atoms with Gasteiger partial charge in [-0.3, -0.25) is 4.68 Å². The van der Waals surface area contributed by atoms with E-state index in [1.807, 2.05) is 0 Å². The standard InChI is InChI=1S/C15H19BrN2/c1-2-18-15-6-4-3-5-12(15)14(17-18)10-9-13(16)11-7-8-11/h3-6,11,13H,2,7-10H2,1H3. The second-order valence-electron chi connectivity index (χ2n) is 5.17. The van der Waals surface area contributed by atoms with Gasteiger partial charge in [-0.1, -0.05) is 34.1 Å². The van der Waals surface area contributed by atoms with Crippen LogP contribution in [0, 0.1) is 5.92 Å². The molecule has 0 bridgehead atoms. The molecule has 3 rings (SSSR count). The summed E-state index contributed by atoms with van der Waals surface area (Å²) in [5.74, 6) is 0.921. The quantitative estimate of drug-likeness (QED) is 0.758. The van der Waals surface area contributed by atoms with E-state index in [9.17, 15) is 0 Å². The van der Waals surface area contributed by atoms with Crippen molar-refractivity contribution in [2.45, 2.75) is 44.0 Å². The van der Waals surface area contributed by atoms with Crippen LogP contribution >= 0.6 is 15.9 Å². The minimum Gasteiger partial charge on any atom is -0.265 e. The van der Waals surface area contributed by atoms with Crippen LogP contribution in [0.15, 0.2) is 24.3 Å². The van der Waals surface area contributed by atoms with E-state index in [4.69, 9.17) is 5.10 Å². The first-order chi connectivity index (χ1) is 8.79. The molecule has 3 heteroatoms. The van der Waals surface area contributed by atoms with E-state index < -0.39 is 0 Å². The summed E-state index contributed by atoms with van der Waals surface area (Å²) in [5.41, 5.74) is 2.53. The van der Waals surface area contributed by atoms with Crippen LogP contribution in [0.1, 0.15) is 31.9 Å². The molecule has 1 aliphatic rings. The molecule has 0 spiro atoms. The van der Waals surface area contributed by atoms with Crippen molar-refractivity contribution in [1.82, 2.24) is 9.78 Å². The molecular formula is C15H19BrN2. The number of hydrogen-bond acceptors (Lipinski definition) is 1. The topological polar surface area (TPSA) is 17.8 Å². The van der Waals surface area contributed by atoms with Crippen molar-refractivity contribution in [3.05, 3.63) is 30.0 Å². The third-order valence-corrected chi connectivity index (χ3v) is 5.03. The molecule has 18 heavy (non-hydrogen) atoms. The van der Waals surface area contributed by atoms with Crippen LogP contribution in [0.25, 0.3) is 10.9 Å². The normalized spacial score (nSPS) is 17.2. The number of aromatic nitrogens is 2. The number of para-hydroxylation sites is 1. The predicted molar refractivity (Wildman–Crippen MR) is 79.2 cm³/mol. The molecule has 2 nitrogen and oxygen atoms in total. The zero-order valence-corrected chi connectivity index (χ0v) is 12.4. The van der Waals surface area contributed by atoms with Crippen LogP contribution in [0.3, 0.4) is 0 Å². The van der Waals surface area contributed by atoms with Crippen molar-refractivity contribution in [3.8, 4) is 0 Å². The maximum Gasteiger partial charge on any atom is 0.0703 e. The number of aryl methyl sites for hydroxylation is 2. The largest absolute Gasteiger partial charge is 0.265 e. The first kappa shape index (κ1) is 12.2. The van der Waals surface area contributed by atoms with E-state index in [1.165, 1.54) is 35.9 Å². The summed E-state index contributed by atoms with van der Waals surface area (Å²) in [5, 5.41) is 6.08. The fourth-order valence-corrected chi connectivity index (χ4v) is 3.35. The van der Waals surface area contributed by atoms with Crippen molar-refractivity contribution in [2.75, 3.05) is 0 Å². The number of alkyl halides is 1.